The van der Waals surface area contributed by atoms with Crippen LogP contribution in [-0.4, -0.2) is 15.9 Å². The summed E-state index contributed by atoms with van der Waals surface area (Å²) in [6, 6.07) is 16.0. The Hall–Kier alpha value is -2.29. The molecule has 1 aromatic heterocycles. The van der Waals surface area contributed by atoms with Gasteiger partial charge in [-0.05, 0) is 44.0 Å². The van der Waals surface area contributed by atoms with Crippen molar-refractivity contribution in [3.63, 3.8) is 0 Å². The number of pyridine rings is 1. The second-order valence-electron chi connectivity index (χ2n) is 6.89. The number of aliphatic hydroxyl groups excluding tert-OH is 1. The van der Waals surface area contributed by atoms with Gasteiger partial charge in [-0.15, -0.1) is 34.4 Å². The molecule has 149 valence electrons. The molecule has 3 aromatic rings. The minimum absolute atomic E-state index is 0. The molecule has 4 heteroatoms. The molecule has 1 heterocycles. The number of hydrogen-bond acceptors (Lipinski definition) is 3. The van der Waals surface area contributed by atoms with Gasteiger partial charge in [0.2, 0.25) is 0 Å². The van der Waals surface area contributed by atoms with Crippen LogP contribution in [0.3, 0.4) is 0 Å². The first kappa shape index (κ1) is 23.7. The Morgan fingerprint density at radius 3 is 2.29 bits per heavy atom. The van der Waals surface area contributed by atoms with Crippen LogP contribution in [0.5, 0.6) is 0 Å². The zero-order valence-electron chi connectivity index (χ0n) is 17.2. The van der Waals surface area contributed by atoms with Crippen molar-refractivity contribution >= 4 is 16.7 Å². The molecule has 0 aliphatic carbocycles. The van der Waals surface area contributed by atoms with Gasteiger partial charge < -0.3 is 5.11 Å². The van der Waals surface area contributed by atoms with Gasteiger partial charge in [-0.3, -0.25) is 9.78 Å². The van der Waals surface area contributed by atoms with E-state index in [1.165, 1.54) is 47.6 Å². The van der Waals surface area contributed by atoms with Crippen LogP contribution < -0.4 is 0 Å². The van der Waals surface area contributed by atoms with Gasteiger partial charge in [-0.1, -0.05) is 44.5 Å². The minimum Gasteiger partial charge on any atom is -0.512 e. The quantitative estimate of drug-likeness (QED) is 0.242. The summed E-state index contributed by atoms with van der Waals surface area (Å²) < 4.78 is 0. The SMILES string of the molecule is CC(=O)/C=C(/C)O.Cc1ccc2nc(-c3[c-]cc(C)c(C)c3C)ccc2c1.[Ir]. The molecular weight excluding hydrogens is 526 g/mol. The number of nitrogens with zero attached hydrogens (tertiary/aromatic N) is 1. The second kappa shape index (κ2) is 10.3. The van der Waals surface area contributed by atoms with Gasteiger partial charge in [-0.25, -0.2) is 0 Å². The van der Waals surface area contributed by atoms with E-state index in [-0.39, 0.29) is 31.6 Å². The first-order valence-electron chi connectivity index (χ1n) is 8.93. The van der Waals surface area contributed by atoms with Crippen molar-refractivity contribution in [1.29, 1.82) is 0 Å². The van der Waals surface area contributed by atoms with Gasteiger partial charge in [0.15, 0.2) is 5.78 Å². The van der Waals surface area contributed by atoms with Gasteiger partial charge in [0.05, 0.1) is 11.3 Å². The van der Waals surface area contributed by atoms with Crippen molar-refractivity contribution in [2.24, 2.45) is 0 Å². The second-order valence-corrected chi connectivity index (χ2v) is 6.89. The monoisotopic (exact) mass is 553 g/mol. The average Bonchev–Trinajstić information content (AvgIpc) is 2.59. The van der Waals surface area contributed by atoms with Crippen LogP contribution in [0.2, 0.25) is 0 Å². The van der Waals surface area contributed by atoms with Crippen molar-refractivity contribution in [1.82, 2.24) is 4.98 Å². The van der Waals surface area contributed by atoms with Gasteiger partial charge in [0, 0.05) is 26.2 Å². The number of carbonyl (C=O) groups is 1. The van der Waals surface area contributed by atoms with Crippen LogP contribution in [0.25, 0.3) is 22.2 Å². The predicted molar refractivity (Wildman–Crippen MR) is 112 cm³/mol. The van der Waals surface area contributed by atoms with E-state index in [2.05, 4.69) is 70.2 Å². The average molecular weight is 553 g/mol. The van der Waals surface area contributed by atoms with E-state index in [0.717, 1.165) is 16.8 Å². The van der Waals surface area contributed by atoms with E-state index in [4.69, 9.17) is 10.1 Å². The van der Waals surface area contributed by atoms with Gasteiger partial charge >= 0.3 is 0 Å². The van der Waals surface area contributed by atoms with E-state index in [9.17, 15) is 4.79 Å². The summed E-state index contributed by atoms with van der Waals surface area (Å²) in [5.74, 6) is -0.0625. The van der Waals surface area contributed by atoms with Gasteiger partial charge in [0.1, 0.15) is 0 Å². The maximum Gasteiger partial charge on any atom is 0.155 e. The Labute approximate surface area is 180 Å². The number of aliphatic hydroxyl groups is 1. The molecule has 0 saturated carbocycles. The third-order valence-electron chi connectivity index (χ3n) is 4.48. The Morgan fingerprint density at radius 1 is 1.04 bits per heavy atom. The van der Waals surface area contributed by atoms with E-state index >= 15 is 0 Å². The van der Waals surface area contributed by atoms with Crippen LogP contribution in [0.1, 0.15) is 36.1 Å². The zero-order valence-corrected chi connectivity index (χ0v) is 19.6. The molecule has 3 rings (SSSR count). The van der Waals surface area contributed by atoms with Crippen LogP contribution >= 0.6 is 0 Å². The van der Waals surface area contributed by atoms with Crippen molar-refractivity contribution < 1.29 is 30.0 Å². The predicted octanol–water partition coefficient (Wildman–Crippen LogP) is 5.97. The van der Waals surface area contributed by atoms with Crippen molar-refractivity contribution in [2.45, 2.75) is 41.5 Å². The van der Waals surface area contributed by atoms with Gasteiger partial charge in [-0.2, -0.15) is 0 Å². The number of carbonyl (C=O) groups excluding carboxylic acids is 1. The first-order chi connectivity index (χ1) is 12.7. The Morgan fingerprint density at radius 2 is 1.71 bits per heavy atom. The van der Waals surface area contributed by atoms with E-state index in [1.54, 1.807) is 0 Å². The fourth-order valence-electron chi connectivity index (χ4n) is 2.82. The molecule has 2 aromatic carbocycles. The molecule has 0 amide bonds. The van der Waals surface area contributed by atoms with Crippen molar-refractivity contribution in [3.05, 3.63) is 76.6 Å². The summed E-state index contributed by atoms with van der Waals surface area (Å²) >= 11 is 0. The zero-order chi connectivity index (χ0) is 20.1. The Bertz CT molecular complexity index is 1020. The van der Waals surface area contributed by atoms with E-state index in [0.29, 0.717) is 0 Å². The summed E-state index contributed by atoms with van der Waals surface area (Å²) in [4.78, 5) is 14.8. The largest absolute Gasteiger partial charge is 0.512 e. The van der Waals surface area contributed by atoms with Crippen LogP contribution in [0.4, 0.5) is 0 Å². The number of allylic oxidation sites excluding steroid dienone is 2. The number of aryl methyl sites for hydroxylation is 2. The molecule has 0 atom stereocenters. The number of benzene rings is 2. The number of ketones is 1. The number of aromatic nitrogens is 1. The molecule has 28 heavy (non-hydrogen) atoms. The summed E-state index contributed by atoms with van der Waals surface area (Å²) in [5.41, 5.74) is 8.29. The molecule has 0 unspecified atom stereocenters. The molecule has 0 aliphatic rings. The fraction of sp³-hybridized carbons (Fsp3) is 0.250. The number of hydrogen-bond donors (Lipinski definition) is 1. The maximum absolute atomic E-state index is 10.0. The van der Waals surface area contributed by atoms with E-state index < -0.39 is 0 Å². The van der Waals surface area contributed by atoms with E-state index in [1.807, 2.05) is 0 Å². The van der Waals surface area contributed by atoms with Crippen LogP contribution in [0.15, 0.2) is 48.2 Å². The normalized spacial score (nSPS) is 10.7. The minimum atomic E-state index is -0.125. The first-order valence-corrected chi connectivity index (χ1v) is 8.93. The summed E-state index contributed by atoms with van der Waals surface area (Å²) in [6.45, 7) is 11.4. The molecule has 0 fully saturated rings. The molecule has 0 spiro atoms. The number of rotatable bonds is 2. The van der Waals surface area contributed by atoms with Crippen LogP contribution in [0, 0.1) is 33.8 Å². The Kier molecular flexibility index (Phi) is 8.74. The topological polar surface area (TPSA) is 50.2 Å². The molecule has 0 aliphatic heterocycles. The van der Waals surface area contributed by atoms with Crippen molar-refractivity contribution in [2.75, 3.05) is 0 Å². The maximum atomic E-state index is 10.0. The molecule has 3 nitrogen and oxygen atoms in total. The fourth-order valence-corrected chi connectivity index (χ4v) is 2.82. The Balaban J connectivity index is 0.000000425. The summed E-state index contributed by atoms with van der Waals surface area (Å²) in [5, 5.41) is 9.55. The molecule has 1 N–H and O–H groups in total. The smallest absolute Gasteiger partial charge is 0.155 e. The molecular formula is C24H26IrNO2-. The third-order valence-corrected chi connectivity index (χ3v) is 4.48. The van der Waals surface area contributed by atoms with Crippen molar-refractivity contribution in [3.8, 4) is 11.3 Å². The molecule has 1 radical (unpaired) electrons. The summed E-state index contributed by atoms with van der Waals surface area (Å²) in [7, 11) is 0. The van der Waals surface area contributed by atoms with Gasteiger partial charge in [0.25, 0.3) is 0 Å². The molecule has 0 saturated heterocycles. The molecule has 0 bridgehead atoms. The summed E-state index contributed by atoms with van der Waals surface area (Å²) in [6.07, 6.45) is 1.17. The standard InChI is InChI=1S/C19H18N.C5H8O2.Ir/c1-12-5-9-18-16(11-12)7-10-19(20-18)17-8-6-13(2)14(3)15(17)4;1-4(6)3-5(2)7;/h5-7,9-11H,1-4H3;3,6H,1-2H3;/q-1;;/b;4-3-;. The van der Waals surface area contributed by atoms with Crippen LogP contribution in [-0.2, 0) is 24.9 Å². The number of fused-ring (bicyclic) bond motifs is 1. The third kappa shape index (κ3) is 6.12.